The summed E-state index contributed by atoms with van der Waals surface area (Å²) in [6.45, 7) is 7.76. The van der Waals surface area contributed by atoms with Gasteiger partial charge in [0.15, 0.2) is 0 Å². The van der Waals surface area contributed by atoms with E-state index in [1.54, 1.807) is 0 Å². The summed E-state index contributed by atoms with van der Waals surface area (Å²) >= 11 is 0. The van der Waals surface area contributed by atoms with Gasteiger partial charge in [0.25, 0.3) is 11.8 Å². The van der Waals surface area contributed by atoms with Gasteiger partial charge in [0.2, 0.25) is 11.8 Å². The van der Waals surface area contributed by atoms with Gasteiger partial charge in [-0.15, -0.1) is 0 Å². The predicted molar refractivity (Wildman–Crippen MR) is 67.8 cm³/mol. The van der Waals surface area contributed by atoms with E-state index < -0.39 is 35.7 Å². The number of piperazine rings is 1. The van der Waals surface area contributed by atoms with Crippen molar-refractivity contribution in [3.8, 4) is 0 Å². The number of hydrogen-bond donors (Lipinski definition) is 0. The van der Waals surface area contributed by atoms with Crippen LogP contribution in [-0.4, -0.2) is 45.5 Å². The topological polar surface area (TPSA) is 74.8 Å². The lowest BCUT2D eigenvalue weighted by Crippen LogP contribution is -2.66. The summed E-state index contributed by atoms with van der Waals surface area (Å²) in [5.74, 6) is -1.76. The first kappa shape index (κ1) is 15.3. The lowest BCUT2D eigenvalue weighted by Gasteiger charge is -2.41. The number of carbonyl (C=O) groups excluding carboxylic acids is 4. The van der Waals surface area contributed by atoms with E-state index in [2.05, 4.69) is 0 Å². The van der Waals surface area contributed by atoms with Gasteiger partial charge in [-0.1, -0.05) is 13.8 Å². The highest BCUT2D eigenvalue weighted by molar-refractivity contribution is 6.11. The van der Waals surface area contributed by atoms with E-state index in [0.717, 1.165) is 9.80 Å². The number of rotatable bonds is 2. The van der Waals surface area contributed by atoms with Crippen molar-refractivity contribution in [2.75, 3.05) is 0 Å². The Kier molecular flexibility index (Phi) is 4.44. The largest absolute Gasteiger partial charge is 0.275 e. The minimum Gasteiger partial charge on any atom is -0.275 e. The molecule has 1 fully saturated rings. The zero-order valence-corrected chi connectivity index (χ0v) is 12.0. The molecule has 0 unspecified atom stereocenters. The Bertz CT molecular complexity index is 430. The maximum absolute atomic E-state index is 12.3. The molecule has 0 N–H and O–H groups in total. The number of hydrogen-bond acceptors (Lipinski definition) is 4. The van der Waals surface area contributed by atoms with Crippen molar-refractivity contribution in [3.05, 3.63) is 0 Å². The Morgan fingerprint density at radius 2 is 1.53 bits per heavy atom. The van der Waals surface area contributed by atoms with Crippen molar-refractivity contribution in [1.82, 2.24) is 9.80 Å². The monoisotopic (exact) mass is 268 g/mol. The SMILES string of the molecule is CC(=O)N1C(=O)[C@H](CC(C)C)N(C(C)=O)C(=O)[C@@H]1C. The minimum absolute atomic E-state index is 0.130. The summed E-state index contributed by atoms with van der Waals surface area (Å²) in [5, 5.41) is 0. The van der Waals surface area contributed by atoms with Gasteiger partial charge in [-0.05, 0) is 19.3 Å². The molecule has 0 saturated carbocycles. The molecule has 0 radical (unpaired) electrons. The molecular weight excluding hydrogens is 248 g/mol. The summed E-state index contributed by atoms with van der Waals surface area (Å²) in [5.41, 5.74) is 0. The standard InChI is InChI=1S/C13H20N2O4/c1-7(2)6-11-13(19)14(9(4)16)8(3)12(18)15(11)10(5)17/h7-8,11H,6H2,1-5H3/t8-,11-/m0/s1. The number of nitrogens with zero attached hydrogens (tertiary/aromatic N) is 2. The molecule has 0 aromatic carbocycles. The molecule has 2 atom stereocenters. The van der Waals surface area contributed by atoms with Crippen molar-refractivity contribution in [2.24, 2.45) is 5.92 Å². The van der Waals surface area contributed by atoms with E-state index in [1.165, 1.54) is 20.8 Å². The Balaban J connectivity index is 3.21. The van der Waals surface area contributed by atoms with E-state index in [4.69, 9.17) is 0 Å². The van der Waals surface area contributed by atoms with E-state index in [0.29, 0.717) is 6.42 Å². The van der Waals surface area contributed by atoms with Crippen molar-refractivity contribution in [3.63, 3.8) is 0 Å². The molecule has 0 aromatic rings. The van der Waals surface area contributed by atoms with Crippen molar-refractivity contribution >= 4 is 23.6 Å². The van der Waals surface area contributed by atoms with Gasteiger partial charge >= 0.3 is 0 Å². The lowest BCUT2D eigenvalue weighted by molar-refractivity contribution is -0.171. The smallest absolute Gasteiger partial charge is 0.253 e. The minimum atomic E-state index is -0.919. The molecule has 1 aliphatic rings. The number of imide groups is 2. The second kappa shape index (κ2) is 5.50. The van der Waals surface area contributed by atoms with E-state index in [-0.39, 0.29) is 5.92 Å². The summed E-state index contributed by atoms with van der Waals surface area (Å²) in [7, 11) is 0. The molecule has 0 spiro atoms. The van der Waals surface area contributed by atoms with E-state index in [9.17, 15) is 19.2 Å². The van der Waals surface area contributed by atoms with Crippen LogP contribution in [0, 0.1) is 5.92 Å². The van der Waals surface area contributed by atoms with Crippen LogP contribution in [0.5, 0.6) is 0 Å². The lowest BCUT2D eigenvalue weighted by atomic mass is 9.96. The van der Waals surface area contributed by atoms with Crippen LogP contribution in [0.4, 0.5) is 0 Å². The third-order valence-electron chi connectivity index (χ3n) is 3.19. The van der Waals surface area contributed by atoms with Crippen LogP contribution in [0.15, 0.2) is 0 Å². The molecule has 106 valence electrons. The Morgan fingerprint density at radius 1 is 1.05 bits per heavy atom. The molecule has 6 heteroatoms. The van der Waals surface area contributed by atoms with Crippen LogP contribution in [-0.2, 0) is 19.2 Å². The molecule has 6 nitrogen and oxygen atoms in total. The molecule has 1 saturated heterocycles. The Labute approximate surface area is 112 Å². The van der Waals surface area contributed by atoms with Crippen LogP contribution in [0.2, 0.25) is 0 Å². The highest BCUT2D eigenvalue weighted by Gasteiger charge is 2.47. The van der Waals surface area contributed by atoms with Crippen LogP contribution in [0.3, 0.4) is 0 Å². The Morgan fingerprint density at radius 3 is 1.89 bits per heavy atom. The number of carbonyl (C=O) groups is 4. The van der Waals surface area contributed by atoms with Gasteiger partial charge < -0.3 is 0 Å². The summed E-state index contributed by atoms with van der Waals surface area (Å²) < 4.78 is 0. The molecule has 1 heterocycles. The van der Waals surface area contributed by atoms with Crippen LogP contribution in [0.25, 0.3) is 0 Å². The second-order valence-electron chi connectivity index (χ2n) is 5.28. The third kappa shape index (κ3) is 2.83. The highest BCUT2D eigenvalue weighted by Crippen LogP contribution is 2.23. The normalized spacial score (nSPS) is 24.1. The first-order chi connectivity index (χ1) is 8.68. The van der Waals surface area contributed by atoms with Crippen molar-refractivity contribution < 1.29 is 19.2 Å². The molecular formula is C13H20N2O4. The Hall–Kier alpha value is -1.72. The number of amides is 4. The van der Waals surface area contributed by atoms with Crippen LogP contribution >= 0.6 is 0 Å². The maximum atomic E-state index is 12.3. The zero-order chi connectivity index (χ0) is 14.9. The molecule has 1 rings (SSSR count). The molecule has 0 bridgehead atoms. The van der Waals surface area contributed by atoms with Gasteiger partial charge in [0.05, 0.1) is 0 Å². The van der Waals surface area contributed by atoms with Gasteiger partial charge in [0.1, 0.15) is 12.1 Å². The average molecular weight is 268 g/mol. The molecule has 1 aliphatic heterocycles. The van der Waals surface area contributed by atoms with Crippen LogP contribution in [0.1, 0.15) is 41.0 Å². The third-order valence-corrected chi connectivity index (χ3v) is 3.19. The highest BCUT2D eigenvalue weighted by atomic mass is 16.2. The molecule has 0 aromatic heterocycles. The van der Waals surface area contributed by atoms with Gasteiger partial charge in [-0.2, -0.15) is 0 Å². The van der Waals surface area contributed by atoms with Crippen molar-refractivity contribution in [2.45, 2.75) is 53.1 Å². The second-order valence-corrected chi connectivity index (χ2v) is 5.28. The van der Waals surface area contributed by atoms with Crippen molar-refractivity contribution in [1.29, 1.82) is 0 Å². The molecule has 19 heavy (non-hydrogen) atoms. The fourth-order valence-corrected chi connectivity index (χ4v) is 2.38. The van der Waals surface area contributed by atoms with Crippen LogP contribution < -0.4 is 0 Å². The fourth-order valence-electron chi connectivity index (χ4n) is 2.38. The maximum Gasteiger partial charge on any atom is 0.253 e. The van der Waals surface area contributed by atoms with Gasteiger partial charge in [0, 0.05) is 13.8 Å². The first-order valence-electron chi connectivity index (χ1n) is 6.35. The summed E-state index contributed by atoms with van der Waals surface area (Å²) in [6.07, 6.45) is 0.362. The molecule has 0 aliphatic carbocycles. The van der Waals surface area contributed by atoms with Gasteiger partial charge in [-0.3, -0.25) is 29.0 Å². The first-order valence-corrected chi connectivity index (χ1v) is 6.35. The van der Waals surface area contributed by atoms with E-state index in [1.807, 2.05) is 13.8 Å². The average Bonchev–Trinajstić information content (AvgIpc) is 2.24. The predicted octanol–water partition coefficient (Wildman–Crippen LogP) is 0.553. The van der Waals surface area contributed by atoms with Gasteiger partial charge in [-0.25, -0.2) is 0 Å². The van der Waals surface area contributed by atoms with E-state index >= 15 is 0 Å². The molecule has 4 amide bonds. The fraction of sp³-hybridized carbons (Fsp3) is 0.692. The summed E-state index contributed by atoms with van der Waals surface area (Å²) in [6, 6.07) is -1.79. The zero-order valence-electron chi connectivity index (χ0n) is 12.0. The quantitative estimate of drug-likeness (QED) is 0.733. The summed E-state index contributed by atoms with van der Waals surface area (Å²) in [4.78, 5) is 49.6.